The maximum absolute atomic E-state index is 13.2. The van der Waals surface area contributed by atoms with Crippen molar-refractivity contribution in [2.24, 2.45) is 0 Å². The standard InChI is InChI=1S/C25H27NO3.C23H25NO3.C21H18O4.C20H18O4.C20H16O4.C15H14O3/c1-5-26(6-2)25(27)24-21(16-22(28-3)17-23(24)29-4)14-12-18-11-13-19-9-7-8-10-20(19)15-18;1-3-24(4-2)23(27)22-19(14-20(25)15-21(22)26)12-10-16-9-11-17-7-5-6-8-18(17)13-16;1-24-18-12-17(20(21(22)23)19(13-18)25-2)10-8-14-7-9-15-5-3-4-6-16(15)11-14;2*1-24-17-11-16(19(20(22)23)18(21)12-17)9-7-13-6-8-14-4-2-3-5-15(14)10-13;16-13-8-4-7-12(14(13)15(17)18)10-9-11-5-2-1-3-6-11/h7-17H,5-6H2,1-4H3;5-9,11,13-15,25-26H,3-4,10,12H2,1-2H3;3-13H,1-2H3,(H,22,23);2-6,8,10-12,21H,7,9H2,1H3,(H,22,23);2-12,21H,1H3,(H,22,23);1-8,16H,9-10H2,(H,17,18)/b14-12+;;10-8+;;;. The molecule has 0 spiro atoms. The summed E-state index contributed by atoms with van der Waals surface area (Å²) in [6.07, 6.45) is 14.9. The van der Waals surface area contributed by atoms with Crippen LogP contribution in [0.15, 0.2) is 322 Å². The molecule has 750 valence electrons. The van der Waals surface area contributed by atoms with E-state index in [4.69, 9.17) is 33.5 Å². The highest BCUT2D eigenvalue weighted by Crippen LogP contribution is 2.38. The largest absolute Gasteiger partial charge is 0.508 e. The molecule has 147 heavy (non-hydrogen) atoms. The van der Waals surface area contributed by atoms with Crippen molar-refractivity contribution in [3.8, 4) is 63.2 Å². The second-order valence-electron chi connectivity index (χ2n) is 34.0. The first-order chi connectivity index (χ1) is 71.1. The molecule has 0 radical (unpaired) electrons. The molecule has 2 amide bonds. The van der Waals surface area contributed by atoms with Crippen molar-refractivity contribution in [2.75, 3.05) is 68.8 Å². The maximum atomic E-state index is 13.2. The van der Waals surface area contributed by atoms with Gasteiger partial charge in [-0.1, -0.05) is 273 Å². The molecule has 23 nitrogen and oxygen atoms in total. The van der Waals surface area contributed by atoms with E-state index < -0.39 is 23.9 Å². The minimum atomic E-state index is -1.19. The van der Waals surface area contributed by atoms with Crippen LogP contribution in [0.25, 0.3) is 90.3 Å². The monoisotopic (exact) mass is 1970 g/mol. The number of phenols is 5. The molecule has 0 saturated carbocycles. The zero-order valence-electron chi connectivity index (χ0n) is 83.5. The number of benzene rings is 17. The number of ether oxygens (including phenoxy) is 6. The minimum Gasteiger partial charge on any atom is -0.508 e. The number of aryl methyl sites for hydroxylation is 6. The van der Waals surface area contributed by atoms with Crippen LogP contribution in [0.1, 0.15) is 157 Å². The van der Waals surface area contributed by atoms with Crippen LogP contribution >= 0.6 is 0 Å². The van der Waals surface area contributed by atoms with E-state index in [-0.39, 0.29) is 74.1 Å². The van der Waals surface area contributed by atoms with E-state index in [0.717, 1.165) is 72.3 Å². The molecule has 9 N–H and O–H groups in total. The van der Waals surface area contributed by atoms with E-state index in [0.29, 0.717) is 120 Å². The number of carboxylic acid groups (broad SMARTS) is 4. The third kappa shape index (κ3) is 28.7. The molecule has 23 heteroatoms. The predicted octanol–water partition coefficient (Wildman–Crippen LogP) is 26.1. The van der Waals surface area contributed by atoms with Gasteiger partial charge in [0.2, 0.25) is 0 Å². The van der Waals surface area contributed by atoms with Crippen molar-refractivity contribution in [3.63, 3.8) is 0 Å². The van der Waals surface area contributed by atoms with Crippen LogP contribution in [0.5, 0.6) is 63.2 Å². The van der Waals surface area contributed by atoms with E-state index in [9.17, 15) is 69.6 Å². The lowest BCUT2D eigenvalue weighted by Gasteiger charge is -2.22. The van der Waals surface area contributed by atoms with Crippen molar-refractivity contribution < 1.29 is 103 Å². The summed E-state index contributed by atoms with van der Waals surface area (Å²) < 4.78 is 31.6. The second kappa shape index (κ2) is 52.6. The number of hydrogen-bond donors (Lipinski definition) is 9. The SMILES string of the molecule is CCN(CC)C(=O)c1c(/C=C/c2ccc3ccccc3c2)cc(OC)cc1OC.CCN(CC)C(=O)c1c(O)cc(O)cc1CCc1ccc2ccccc2c1.COc1cc(/C=C/c2ccc3ccccc3c2)c(C(=O)O)c(OC)c1.COc1cc(O)c(C(=O)O)c(C=Cc2ccc3ccccc3c2)c1.COc1cc(O)c(C(=O)O)c(CCc2ccc3ccccc3c2)c1.O=C(O)c1c(O)cccc1CCc1ccccc1. The Labute approximate surface area is 853 Å². The first-order valence-corrected chi connectivity index (χ1v) is 47.8. The topological polar surface area (TPSA) is 346 Å². The number of carbonyl (C=O) groups excluding carboxylic acids is 2. The third-order valence-electron chi connectivity index (χ3n) is 24.8. The van der Waals surface area contributed by atoms with Crippen LogP contribution < -0.4 is 28.4 Å². The molecule has 0 aliphatic carbocycles. The fourth-order valence-corrected chi connectivity index (χ4v) is 17.1. The van der Waals surface area contributed by atoms with E-state index in [1.54, 1.807) is 84.7 Å². The van der Waals surface area contributed by atoms with Crippen LogP contribution in [0.4, 0.5) is 0 Å². The van der Waals surface area contributed by atoms with Gasteiger partial charge in [-0.25, -0.2) is 19.2 Å². The van der Waals surface area contributed by atoms with Crippen molar-refractivity contribution in [1.82, 2.24) is 9.80 Å². The molecule has 0 fully saturated rings. The van der Waals surface area contributed by atoms with Gasteiger partial charge in [0, 0.05) is 56.5 Å². The van der Waals surface area contributed by atoms with Crippen molar-refractivity contribution in [3.05, 3.63) is 422 Å². The zero-order chi connectivity index (χ0) is 105. The number of carbonyl (C=O) groups is 6. The molecule has 0 aliphatic rings. The number of fused-ring (bicyclic) bond motifs is 5. The number of carboxylic acids is 4. The van der Waals surface area contributed by atoms with Gasteiger partial charge in [0.05, 0.1) is 53.8 Å². The van der Waals surface area contributed by atoms with Gasteiger partial charge >= 0.3 is 23.9 Å². The summed E-state index contributed by atoms with van der Waals surface area (Å²) in [5.74, 6) is -2.84. The van der Waals surface area contributed by atoms with Crippen LogP contribution in [-0.4, -0.2) is 160 Å². The molecule has 0 unspecified atom stereocenters. The normalized spacial score (nSPS) is 10.8. The van der Waals surface area contributed by atoms with E-state index in [1.807, 2.05) is 204 Å². The molecule has 17 aromatic carbocycles. The zero-order valence-corrected chi connectivity index (χ0v) is 83.5. The van der Waals surface area contributed by atoms with Crippen molar-refractivity contribution in [1.29, 1.82) is 0 Å². The van der Waals surface area contributed by atoms with Crippen LogP contribution in [0.3, 0.4) is 0 Å². The van der Waals surface area contributed by atoms with Crippen LogP contribution in [0, 0.1) is 0 Å². The van der Waals surface area contributed by atoms with Crippen molar-refractivity contribution >= 4 is 126 Å². The second-order valence-corrected chi connectivity index (χ2v) is 34.0. The van der Waals surface area contributed by atoms with E-state index >= 15 is 0 Å². The Bertz CT molecular complexity index is 7650. The highest BCUT2D eigenvalue weighted by Gasteiger charge is 2.26. The predicted molar refractivity (Wildman–Crippen MR) is 584 cm³/mol. The summed E-state index contributed by atoms with van der Waals surface area (Å²) in [7, 11) is 9.11. The molecule has 17 aromatic rings. The van der Waals surface area contributed by atoms with E-state index in [1.165, 1.54) is 79.6 Å². The van der Waals surface area contributed by atoms with Crippen LogP contribution in [-0.2, 0) is 38.5 Å². The highest BCUT2D eigenvalue weighted by atomic mass is 16.5. The molecule has 0 bridgehead atoms. The maximum Gasteiger partial charge on any atom is 0.340 e. The number of hydrogen-bond acceptors (Lipinski definition) is 17. The number of aromatic hydroxyl groups is 5. The van der Waals surface area contributed by atoms with Gasteiger partial charge < -0.3 is 84.2 Å². The summed E-state index contributed by atoms with van der Waals surface area (Å²) in [6.45, 7) is 10.2. The Morgan fingerprint density at radius 2 is 0.551 bits per heavy atom. The lowest BCUT2D eigenvalue weighted by atomic mass is 9.96. The fraction of sp³-hybridized carbons (Fsp3) is 0.161. The van der Waals surface area contributed by atoms with Gasteiger partial charge in [-0.2, -0.15) is 0 Å². The molecule has 0 aromatic heterocycles. The van der Waals surface area contributed by atoms with Gasteiger partial charge in [0.1, 0.15) is 85.5 Å². The molecular formula is C124H118N2O21. The van der Waals surface area contributed by atoms with Gasteiger partial charge in [-0.05, 0) is 241 Å². The number of methoxy groups -OCH3 is 6. The highest BCUT2D eigenvalue weighted by molar-refractivity contribution is 6.04. The molecule has 17 rings (SSSR count). The summed E-state index contributed by atoms with van der Waals surface area (Å²) in [6, 6.07) is 102. The summed E-state index contributed by atoms with van der Waals surface area (Å²) in [5.41, 5.74) is 10.7. The number of nitrogens with zero attached hydrogens (tertiary/aromatic N) is 2. The Balaban J connectivity index is 0.000000157. The molecular weight excluding hydrogens is 1850 g/mol. The van der Waals surface area contributed by atoms with Gasteiger partial charge in [0.25, 0.3) is 11.8 Å². The Kier molecular flexibility index (Phi) is 38.5. The van der Waals surface area contributed by atoms with Crippen molar-refractivity contribution in [2.45, 2.75) is 66.2 Å². The first kappa shape index (κ1) is 108. The number of amides is 2. The molecule has 0 atom stereocenters. The van der Waals surface area contributed by atoms with Gasteiger partial charge in [-0.15, -0.1) is 0 Å². The van der Waals surface area contributed by atoms with Gasteiger partial charge in [0.15, 0.2) is 0 Å². The fourth-order valence-electron chi connectivity index (χ4n) is 17.1. The third-order valence-corrected chi connectivity index (χ3v) is 24.8. The Morgan fingerprint density at radius 1 is 0.238 bits per heavy atom. The van der Waals surface area contributed by atoms with E-state index in [2.05, 4.69) is 97.1 Å². The molecule has 0 aliphatic heterocycles. The Morgan fingerprint density at radius 3 is 0.946 bits per heavy atom. The summed E-state index contributed by atoms with van der Waals surface area (Å²) in [4.78, 5) is 75.0. The quantitative estimate of drug-likeness (QED) is 0.0182. The van der Waals surface area contributed by atoms with Gasteiger partial charge in [-0.3, -0.25) is 9.59 Å². The number of aromatic carboxylic acids is 4. The lowest BCUT2D eigenvalue weighted by molar-refractivity contribution is 0.0681. The summed E-state index contributed by atoms with van der Waals surface area (Å²) in [5, 5.41) is 98.5. The van der Waals surface area contributed by atoms with Crippen LogP contribution in [0.2, 0.25) is 0 Å². The molecule has 0 saturated heterocycles. The number of rotatable bonds is 31. The Hall–Kier alpha value is -18.1. The molecule has 0 heterocycles. The lowest BCUT2D eigenvalue weighted by Crippen LogP contribution is -2.31. The first-order valence-electron chi connectivity index (χ1n) is 47.8. The minimum absolute atomic E-state index is 0.00781. The number of phenolic OH excluding ortho intramolecular Hbond substituents is 2. The summed E-state index contributed by atoms with van der Waals surface area (Å²) >= 11 is 0. The average molecular weight is 1970 g/mol. The smallest absolute Gasteiger partial charge is 0.340 e. The average Bonchev–Trinajstić information content (AvgIpc) is 0.802.